The highest BCUT2D eigenvalue weighted by molar-refractivity contribution is 5.30. The molecule has 0 aliphatic heterocycles. The summed E-state index contributed by atoms with van der Waals surface area (Å²) < 4.78 is 1.07. The highest BCUT2D eigenvalue weighted by Gasteiger charge is 2.07. The van der Waals surface area contributed by atoms with E-state index in [-0.39, 0.29) is 11.0 Å². The van der Waals surface area contributed by atoms with Crippen molar-refractivity contribution in [1.82, 2.24) is 19.6 Å². The van der Waals surface area contributed by atoms with Crippen molar-refractivity contribution in [1.29, 1.82) is 0 Å². The maximum atomic E-state index is 11.6. The summed E-state index contributed by atoms with van der Waals surface area (Å²) in [5, 5.41) is 12.8. The van der Waals surface area contributed by atoms with Crippen molar-refractivity contribution >= 4 is 12.0 Å². The molecule has 2 rings (SSSR count). The topological polar surface area (TPSA) is 80.4 Å². The number of rotatable bonds is 0. The van der Waals surface area contributed by atoms with Crippen LogP contribution in [0.2, 0.25) is 0 Å². The third kappa shape index (κ3) is 1.04. The molecule has 14 heavy (non-hydrogen) atoms. The summed E-state index contributed by atoms with van der Waals surface area (Å²) in [6.07, 6.45) is 0.737. The van der Waals surface area contributed by atoms with Gasteiger partial charge in [-0.1, -0.05) is 0 Å². The highest BCUT2D eigenvalue weighted by atomic mass is 16.2. The van der Waals surface area contributed by atoms with Crippen LogP contribution >= 0.6 is 0 Å². The van der Waals surface area contributed by atoms with Gasteiger partial charge in [-0.15, -0.1) is 5.10 Å². The molecule has 0 amide bonds. The fourth-order valence-electron chi connectivity index (χ4n) is 1.24. The molecule has 0 aliphatic rings. The van der Waals surface area contributed by atoms with Gasteiger partial charge in [-0.25, -0.2) is 4.98 Å². The van der Waals surface area contributed by atoms with Crippen molar-refractivity contribution in [3.8, 4) is 0 Å². The highest BCUT2D eigenvalue weighted by Crippen LogP contribution is 1.91. The van der Waals surface area contributed by atoms with Crippen molar-refractivity contribution in [2.75, 3.05) is 0 Å². The summed E-state index contributed by atoms with van der Waals surface area (Å²) in [7, 11) is 0. The first-order valence-electron chi connectivity index (χ1n) is 4.02. The molecule has 2 heterocycles. The van der Waals surface area contributed by atoms with Crippen LogP contribution in [0.5, 0.6) is 0 Å². The molecule has 6 heteroatoms. The van der Waals surface area contributed by atoms with E-state index in [2.05, 4.69) is 15.1 Å². The van der Waals surface area contributed by atoms with Crippen LogP contribution in [0.1, 0.15) is 11.5 Å². The van der Waals surface area contributed by atoms with E-state index in [0.29, 0.717) is 11.5 Å². The molecule has 0 bridgehead atoms. The first-order valence-corrected chi connectivity index (χ1v) is 4.02. The second-order valence-electron chi connectivity index (χ2n) is 2.92. The molecular formula is C8H8N4O2. The number of hydrogen-bond acceptors (Lipinski definition) is 5. The summed E-state index contributed by atoms with van der Waals surface area (Å²) in [4.78, 5) is 19.6. The molecule has 0 unspecified atom stereocenters. The zero-order valence-electron chi connectivity index (χ0n) is 7.72. The molecule has 6 nitrogen and oxygen atoms in total. The number of aromatic nitrogens is 4. The second kappa shape index (κ2) is 2.76. The summed E-state index contributed by atoms with van der Waals surface area (Å²) >= 11 is 0. The quantitative estimate of drug-likeness (QED) is 0.586. The number of aryl methyl sites for hydroxylation is 2. The molecule has 0 aromatic carbocycles. The molecule has 1 N–H and O–H groups in total. The minimum Gasteiger partial charge on any atom is -0.515 e. The van der Waals surface area contributed by atoms with Crippen LogP contribution in [-0.2, 0) is 0 Å². The van der Waals surface area contributed by atoms with E-state index in [9.17, 15) is 4.79 Å². The maximum absolute atomic E-state index is 11.6. The van der Waals surface area contributed by atoms with Crippen molar-refractivity contribution in [3.05, 3.63) is 27.1 Å². The van der Waals surface area contributed by atoms with Gasteiger partial charge in [-0.2, -0.15) is 9.50 Å². The first-order chi connectivity index (χ1) is 6.63. The van der Waals surface area contributed by atoms with Gasteiger partial charge in [0.2, 0.25) is 0 Å². The molecule has 0 atom stereocenters. The fourth-order valence-corrected chi connectivity index (χ4v) is 1.24. The summed E-state index contributed by atoms with van der Waals surface area (Å²) in [5.74, 6) is 0.736. The normalized spacial score (nSPS) is 12.6. The average molecular weight is 192 g/mol. The third-order valence-electron chi connectivity index (χ3n) is 1.91. The number of aliphatic hydroxyl groups excluding tert-OH is 1. The number of hydrogen-bond donors (Lipinski definition) is 1. The van der Waals surface area contributed by atoms with Crippen LogP contribution in [-0.4, -0.2) is 24.7 Å². The third-order valence-corrected chi connectivity index (χ3v) is 1.91. The lowest BCUT2D eigenvalue weighted by Gasteiger charge is -1.92. The number of fused-ring (bicyclic) bond motifs is 1. The van der Waals surface area contributed by atoms with Crippen molar-refractivity contribution < 1.29 is 5.11 Å². The Morgan fingerprint density at radius 1 is 1.36 bits per heavy atom. The Hall–Kier alpha value is -1.98. The average Bonchev–Trinajstić information content (AvgIpc) is 2.47. The minimum atomic E-state index is -0.407. The Morgan fingerprint density at radius 3 is 2.71 bits per heavy atom. The van der Waals surface area contributed by atoms with Gasteiger partial charge in [0.05, 0.1) is 17.2 Å². The van der Waals surface area contributed by atoms with Crippen LogP contribution in [0.15, 0.2) is 4.79 Å². The van der Waals surface area contributed by atoms with E-state index in [1.165, 1.54) is 0 Å². The largest absolute Gasteiger partial charge is 0.515 e. The van der Waals surface area contributed by atoms with E-state index < -0.39 is 5.56 Å². The van der Waals surface area contributed by atoms with E-state index in [1.54, 1.807) is 13.8 Å². The van der Waals surface area contributed by atoms with Crippen molar-refractivity contribution in [2.24, 2.45) is 0 Å². The molecule has 0 spiro atoms. The summed E-state index contributed by atoms with van der Waals surface area (Å²) in [5.41, 5.74) is 0.0352. The fraction of sp³-hybridized carbons (Fsp3) is 0.250. The predicted octanol–water partition coefficient (Wildman–Crippen LogP) is -0.884. The van der Waals surface area contributed by atoms with E-state index >= 15 is 0 Å². The van der Waals surface area contributed by atoms with Gasteiger partial charge >= 0.3 is 0 Å². The van der Waals surface area contributed by atoms with Gasteiger partial charge in [0, 0.05) is 0 Å². The van der Waals surface area contributed by atoms with Crippen LogP contribution in [0.4, 0.5) is 0 Å². The Kier molecular flexibility index (Phi) is 1.70. The molecule has 2 aromatic rings. The van der Waals surface area contributed by atoms with Gasteiger partial charge in [-0.05, 0) is 13.8 Å². The monoisotopic (exact) mass is 192 g/mol. The molecule has 0 radical (unpaired) electrons. The zero-order chi connectivity index (χ0) is 10.3. The summed E-state index contributed by atoms with van der Waals surface area (Å²) in [6, 6.07) is 0. The zero-order valence-corrected chi connectivity index (χ0v) is 7.72. The molecule has 2 aromatic heterocycles. The molecule has 0 saturated carbocycles. The summed E-state index contributed by atoms with van der Waals surface area (Å²) in [6.45, 7) is 3.30. The van der Waals surface area contributed by atoms with Gasteiger partial charge in [0.15, 0.2) is 0 Å². The molecule has 72 valence electrons. The first kappa shape index (κ1) is 8.61. The second-order valence-corrected chi connectivity index (χ2v) is 2.92. The smallest absolute Gasteiger partial charge is 0.286 e. The SMILES string of the molecule is Cc1nc2nc(C)/c(=C\O)c(=O)n2n1. The predicted molar refractivity (Wildman–Crippen MR) is 48.8 cm³/mol. The molecule has 0 aliphatic carbocycles. The lowest BCUT2D eigenvalue weighted by atomic mass is 10.4. The van der Waals surface area contributed by atoms with Crippen LogP contribution in [0.25, 0.3) is 12.0 Å². The van der Waals surface area contributed by atoms with Gasteiger partial charge in [0.25, 0.3) is 11.3 Å². The maximum Gasteiger partial charge on any atom is 0.286 e. The van der Waals surface area contributed by atoms with Crippen LogP contribution in [0.3, 0.4) is 0 Å². The van der Waals surface area contributed by atoms with Crippen molar-refractivity contribution in [2.45, 2.75) is 13.8 Å². The van der Waals surface area contributed by atoms with E-state index in [4.69, 9.17) is 5.11 Å². The van der Waals surface area contributed by atoms with Crippen LogP contribution in [0, 0.1) is 13.8 Å². The standard InChI is InChI=1S/C8H8N4O2/c1-4-6(3-13)7(14)12-8(9-4)10-5(2)11-12/h3,13H,1-2H3/b6-3+. The molecular weight excluding hydrogens is 184 g/mol. The number of aliphatic hydroxyl groups is 1. The van der Waals surface area contributed by atoms with Gasteiger partial charge in [-0.3, -0.25) is 4.79 Å². The van der Waals surface area contributed by atoms with E-state index in [1.807, 2.05) is 0 Å². The van der Waals surface area contributed by atoms with Gasteiger partial charge < -0.3 is 5.11 Å². The lowest BCUT2D eigenvalue weighted by Crippen LogP contribution is -2.34. The lowest BCUT2D eigenvalue weighted by molar-refractivity contribution is 0.538. The van der Waals surface area contributed by atoms with Crippen molar-refractivity contribution in [3.63, 3.8) is 0 Å². The Bertz CT molecular complexity index is 602. The molecule has 0 saturated heterocycles. The minimum absolute atomic E-state index is 0.141. The Labute approximate surface area is 78.5 Å². The van der Waals surface area contributed by atoms with E-state index in [0.717, 1.165) is 10.8 Å². The Morgan fingerprint density at radius 2 is 2.07 bits per heavy atom. The number of nitrogens with zero attached hydrogens (tertiary/aromatic N) is 4. The van der Waals surface area contributed by atoms with Gasteiger partial charge in [0.1, 0.15) is 5.82 Å². The van der Waals surface area contributed by atoms with Crippen LogP contribution < -0.4 is 10.8 Å². The molecule has 0 fully saturated rings. The Balaban J connectivity index is 3.08.